The van der Waals surface area contributed by atoms with Gasteiger partial charge in [-0.3, -0.25) is 13.8 Å². The number of fused-ring (bicyclic) bond motifs is 3. The van der Waals surface area contributed by atoms with Crippen LogP contribution in [0.5, 0.6) is 0 Å². The number of aryl methyl sites for hydroxylation is 1. The minimum Gasteiger partial charge on any atom is -0.279 e. The Balaban J connectivity index is 1.48. The molecule has 0 aliphatic rings. The molecule has 0 amide bonds. The molecule has 27 heavy (non-hydrogen) atoms. The molecule has 0 aliphatic heterocycles. The number of tetrazole rings is 1. The van der Waals surface area contributed by atoms with E-state index in [1.807, 2.05) is 27.3 Å². The second-order valence-electron chi connectivity index (χ2n) is 5.74. The molecule has 0 bridgehead atoms. The van der Waals surface area contributed by atoms with E-state index in [9.17, 15) is 4.79 Å². The first-order chi connectivity index (χ1) is 13.2. The molecule has 5 aromatic rings. The summed E-state index contributed by atoms with van der Waals surface area (Å²) in [5.74, 6) is 1.81. The Morgan fingerprint density at radius 1 is 1.15 bits per heavy atom. The molecule has 12 heteroatoms. The van der Waals surface area contributed by atoms with Crippen LogP contribution in [0.2, 0.25) is 0 Å². The highest BCUT2D eigenvalue weighted by atomic mass is 32.2. The zero-order chi connectivity index (χ0) is 18.4. The minimum atomic E-state index is -0.0565. The number of nitrogens with zero attached hydrogens (tertiary/aromatic N) is 8. The molecule has 5 rings (SSSR count). The zero-order valence-electron chi connectivity index (χ0n) is 14.0. The first-order valence-corrected chi connectivity index (χ1v) is 10.7. The number of rotatable bonds is 5. The van der Waals surface area contributed by atoms with Crippen LogP contribution in [0, 0.1) is 0 Å². The predicted octanol–water partition coefficient (Wildman–Crippen LogP) is 2.03. The van der Waals surface area contributed by atoms with Crippen LogP contribution >= 0.6 is 34.4 Å². The van der Waals surface area contributed by atoms with Crippen LogP contribution < -0.4 is 5.56 Å². The molecule has 0 saturated heterocycles. The maximum absolute atomic E-state index is 12.4. The van der Waals surface area contributed by atoms with Crippen LogP contribution in [-0.2, 0) is 19.3 Å². The van der Waals surface area contributed by atoms with Gasteiger partial charge in [-0.2, -0.15) is 0 Å². The van der Waals surface area contributed by atoms with Gasteiger partial charge in [0.1, 0.15) is 10.5 Å². The maximum Gasteiger partial charge on any atom is 0.272 e. The Kier molecular flexibility index (Phi) is 4.02. The molecule has 5 heterocycles. The first kappa shape index (κ1) is 16.6. The Morgan fingerprint density at radius 2 is 2.07 bits per heavy atom. The summed E-state index contributed by atoms with van der Waals surface area (Å²) in [6, 6.07) is 5.99. The van der Waals surface area contributed by atoms with Crippen molar-refractivity contribution in [3.8, 4) is 0 Å². The summed E-state index contributed by atoms with van der Waals surface area (Å²) in [5.41, 5.74) is 0.774. The maximum atomic E-state index is 12.4. The molecule has 0 spiro atoms. The third kappa shape index (κ3) is 2.76. The molecule has 0 aromatic carbocycles. The van der Waals surface area contributed by atoms with Crippen LogP contribution in [-0.4, -0.2) is 39.4 Å². The van der Waals surface area contributed by atoms with Gasteiger partial charge in [-0.25, -0.2) is 4.68 Å². The van der Waals surface area contributed by atoms with Gasteiger partial charge in [0, 0.05) is 11.9 Å². The standard InChI is InChI=1S/C15H12N8OS3/c1-21-13(24)12-10(4-6-26-12)23-11(16-17-14(21)23)8-27-15-18-19-20-22(15)7-9-3-2-5-25-9/h2-6H,7-8H2,1H3. The van der Waals surface area contributed by atoms with E-state index in [0.29, 0.717) is 27.9 Å². The van der Waals surface area contributed by atoms with Crippen LogP contribution in [0.25, 0.3) is 16.0 Å². The molecule has 0 fully saturated rings. The number of aromatic nitrogens is 8. The summed E-state index contributed by atoms with van der Waals surface area (Å²) >= 11 is 4.59. The molecule has 0 aliphatic carbocycles. The molecule has 0 atom stereocenters. The minimum absolute atomic E-state index is 0.0565. The van der Waals surface area contributed by atoms with Gasteiger partial charge in [-0.15, -0.1) is 38.0 Å². The fourth-order valence-corrected chi connectivity index (χ4v) is 5.15. The van der Waals surface area contributed by atoms with Crippen molar-refractivity contribution in [3.05, 3.63) is 50.0 Å². The van der Waals surface area contributed by atoms with Gasteiger partial charge in [0.2, 0.25) is 10.9 Å². The quantitative estimate of drug-likeness (QED) is 0.405. The molecule has 0 radical (unpaired) electrons. The first-order valence-electron chi connectivity index (χ1n) is 7.94. The molecule has 5 aromatic heterocycles. The topological polar surface area (TPSA) is 95.8 Å². The van der Waals surface area contributed by atoms with Crippen LogP contribution in [0.15, 0.2) is 38.9 Å². The van der Waals surface area contributed by atoms with Crippen molar-refractivity contribution >= 4 is 50.4 Å². The highest BCUT2D eigenvalue weighted by Gasteiger charge is 2.17. The average molecular weight is 417 g/mol. The van der Waals surface area contributed by atoms with Crippen molar-refractivity contribution in [3.63, 3.8) is 0 Å². The van der Waals surface area contributed by atoms with E-state index < -0.39 is 0 Å². The Bertz CT molecular complexity index is 1300. The smallest absolute Gasteiger partial charge is 0.272 e. The highest BCUT2D eigenvalue weighted by molar-refractivity contribution is 7.98. The van der Waals surface area contributed by atoms with Gasteiger partial charge in [0.25, 0.3) is 5.56 Å². The molecule has 0 unspecified atom stereocenters. The van der Waals surface area contributed by atoms with Gasteiger partial charge in [0.15, 0.2) is 0 Å². The van der Waals surface area contributed by atoms with Gasteiger partial charge >= 0.3 is 0 Å². The van der Waals surface area contributed by atoms with E-state index in [-0.39, 0.29) is 5.56 Å². The fraction of sp³-hybridized carbons (Fsp3) is 0.200. The monoisotopic (exact) mass is 416 g/mol. The summed E-state index contributed by atoms with van der Waals surface area (Å²) < 4.78 is 5.92. The third-order valence-corrected chi connectivity index (χ3v) is 6.82. The largest absolute Gasteiger partial charge is 0.279 e. The number of hydrogen-bond donors (Lipinski definition) is 0. The van der Waals surface area contributed by atoms with Gasteiger partial charge in [-0.05, 0) is 33.3 Å². The van der Waals surface area contributed by atoms with E-state index in [1.54, 1.807) is 23.1 Å². The predicted molar refractivity (Wildman–Crippen MR) is 104 cm³/mol. The van der Waals surface area contributed by atoms with Crippen molar-refractivity contribution in [2.45, 2.75) is 17.5 Å². The second kappa shape index (κ2) is 6.55. The summed E-state index contributed by atoms with van der Waals surface area (Å²) in [7, 11) is 1.71. The van der Waals surface area contributed by atoms with E-state index in [1.165, 1.54) is 32.5 Å². The van der Waals surface area contributed by atoms with Crippen molar-refractivity contribution in [1.29, 1.82) is 0 Å². The van der Waals surface area contributed by atoms with Crippen LogP contribution in [0.1, 0.15) is 10.7 Å². The molecule has 136 valence electrons. The fourth-order valence-electron chi connectivity index (χ4n) is 2.82. The summed E-state index contributed by atoms with van der Waals surface area (Å²) in [4.78, 5) is 13.6. The van der Waals surface area contributed by atoms with Crippen LogP contribution in [0.4, 0.5) is 0 Å². The lowest BCUT2D eigenvalue weighted by Crippen LogP contribution is -2.19. The average Bonchev–Trinajstić information content (AvgIpc) is 3.44. The zero-order valence-corrected chi connectivity index (χ0v) is 16.5. The van der Waals surface area contributed by atoms with E-state index in [2.05, 4.69) is 31.8 Å². The Hall–Kier alpha value is -2.57. The molecule has 0 N–H and O–H groups in total. The Labute approximate surface area is 164 Å². The van der Waals surface area contributed by atoms with Crippen molar-refractivity contribution in [2.24, 2.45) is 7.05 Å². The molecule has 0 saturated carbocycles. The number of thiophene rings is 2. The lowest BCUT2D eigenvalue weighted by molar-refractivity contribution is 0.608. The number of thioether (sulfide) groups is 1. The van der Waals surface area contributed by atoms with Gasteiger partial charge < -0.3 is 0 Å². The lowest BCUT2D eigenvalue weighted by Gasteiger charge is -2.05. The SMILES string of the molecule is Cn1c(=O)c2sccc2n2c(CSc3nnnn3Cc3cccs3)nnc12. The molecule has 9 nitrogen and oxygen atoms in total. The van der Waals surface area contributed by atoms with E-state index in [4.69, 9.17) is 0 Å². The van der Waals surface area contributed by atoms with E-state index >= 15 is 0 Å². The van der Waals surface area contributed by atoms with Crippen molar-refractivity contribution < 1.29 is 0 Å². The summed E-state index contributed by atoms with van der Waals surface area (Å²) in [6.07, 6.45) is 0. The van der Waals surface area contributed by atoms with Crippen molar-refractivity contribution in [2.75, 3.05) is 0 Å². The second-order valence-corrected chi connectivity index (χ2v) is 8.63. The van der Waals surface area contributed by atoms with Gasteiger partial charge in [0.05, 0.1) is 17.8 Å². The lowest BCUT2D eigenvalue weighted by atomic mass is 10.4. The third-order valence-electron chi connectivity index (χ3n) is 4.11. The summed E-state index contributed by atoms with van der Waals surface area (Å²) in [5, 5.41) is 25.1. The summed E-state index contributed by atoms with van der Waals surface area (Å²) in [6.45, 7) is 0.636. The normalized spacial score (nSPS) is 11.7. The molecular formula is C15H12N8OS3. The number of hydrogen-bond acceptors (Lipinski definition) is 9. The van der Waals surface area contributed by atoms with Crippen LogP contribution in [0.3, 0.4) is 0 Å². The molecular weight excluding hydrogens is 404 g/mol. The Morgan fingerprint density at radius 3 is 2.93 bits per heavy atom. The van der Waals surface area contributed by atoms with E-state index in [0.717, 1.165) is 11.3 Å². The highest BCUT2D eigenvalue weighted by Crippen LogP contribution is 2.24. The van der Waals surface area contributed by atoms with Crippen molar-refractivity contribution in [1.82, 2.24) is 39.4 Å². The van der Waals surface area contributed by atoms with Gasteiger partial charge in [-0.1, -0.05) is 17.8 Å².